The van der Waals surface area contributed by atoms with Crippen molar-refractivity contribution in [3.05, 3.63) is 89.7 Å². The van der Waals surface area contributed by atoms with Crippen LogP contribution in [0.4, 0.5) is 10.1 Å². The summed E-state index contributed by atoms with van der Waals surface area (Å²) in [6.45, 7) is 5.56. The number of rotatable bonds is 13. The Bertz CT molecular complexity index is 1490. The van der Waals surface area contributed by atoms with E-state index in [1.807, 2.05) is 45.0 Å². The number of carbonyl (C=O) groups excluding carboxylic acids is 2. The second-order valence-corrected chi connectivity index (χ2v) is 12.6. The molecule has 0 spiro atoms. The minimum Gasteiger partial charge on any atom is -0.494 e. The molecule has 230 valence electrons. The second kappa shape index (κ2) is 14.5. The number of benzene rings is 3. The Morgan fingerprint density at radius 2 is 1.63 bits per heavy atom. The first kappa shape index (κ1) is 32.0. The van der Waals surface area contributed by atoms with Gasteiger partial charge in [0.2, 0.25) is 11.8 Å². The van der Waals surface area contributed by atoms with Crippen molar-refractivity contribution in [3.8, 4) is 5.75 Å². The summed E-state index contributed by atoms with van der Waals surface area (Å²) >= 11 is 0. The van der Waals surface area contributed by atoms with E-state index in [0.29, 0.717) is 18.8 Å². The molecule has 0 radical (unpaired) electrons. The molecule has 0 unspecified atom stereocenters. The number of nitrogens with zero attached hydrogens (tertiary/aromatic N) is 2. The number of nitrogens with one attached hydrogen (secondary N) is 1. The summed E-state index contributed by atoms with van der Waals surface area (Å²) in [5.74, 6) is -0.826. The summed E-state index contributed by atoms with van der Waals surface area (Å²) in [5.41, 5.74) is 1.93. The van der Waals surface area contributed by atoms with Crippen molar-refractivity contribution in [2.75, 3.05) is 17.5 Å². The van der Waals surface area contributed by atoms with E-state index in [0.717, 1.165) is 53.2 Å². The normalized spacial score (nSPS) is 14.2. The number of hydrogen-bond donors (Lipinski definition) is 1. The predicted octanol–water partition coefficient (Wildman–Crippen LogP) is 5.59. The van der Waals surface area contributed by atoms with Crippen molar-refractivity contribution in [1.82, 2.24) is 10.2 Å². The van der Waals surface area contributed by atoms with Gasteiger partial charge in [0.15, 0.2) is 0 Å². The molecule has 3 aromatic rings. The largest absolute Gasteiger partial charge is 0.494 e. The van der Waals surface area contributed by atoms with Crippen LogP contribution in [-0.2, 0) is 26.2 Å². The van der Waals surface area contributed by atoms with Gasteiger partial charge in [-0.25, -0.2) is 12.8 Å². The molecule has 1 fully saturated rings. The minimum atomic E-state index is -4.27. The van der Waals surface area contributed by atoms with Gasteiger partial charge >= 0.3 is 0 Å². The third-order valence-corrected chi connectivity index (χ3v) is 9.59. The molecule has 1 saturated carbocycles. The minimum absolute atomic E-state index is 0.0513. The Morgan fingerprint density at radius 3 is 2.23 bits per heavy atom. The molecule has 1 N–H and O–H groups in total. The Labute approximate surface area is 253 Å². The Kier molecular flexibility index (Phi) is 10.8. The van der Waals surface area contributed by atoms with Gasteiger partial charge in [0.1, 0.15) is 24.2 Å². The zero-order valence-corrected chi connectivity index (χ0v) is 25.8. The molecule has 0 bridgehead atoms. The zero-order chi connectivity index (χ0) is 31.0. The van der Waals surface area contributed by atoms with Crippen LogP contribution in [0.1, 0.15) is 57.1 Å². The molecular weight excluding hydrogens is 569 g/mol. The Balaban J connectivity index is 1.71. The van der Waals surface area contributed by atoms with E-state index in [2.05, 4.69) is 5.32 Å². The highest BCUT2D eigenvalue weighted by Crippen LogP contribution is 2.27. The lowest BCUT2D eigenvalue weighted by Crippen LogP contribution is -2.53. The van der Waals surface area contributed by atoms with E-state index < -0.39 is 34.3 Å². The quantitative estimate of drug-likeness (QED) is 0.273. The summed E-state index contributed by atoms with van der Waals surface area (Å²) in [6, 6.07) is 17.7. The first-order valence-corrected chi connectivity index (χ1v) is 16.2. The van der Waals surface area contributed by atoms with E-state index >= 15 is 0 Å². The second-order valence-electron chi connectivity index (χ2n) is 10.8. The molecule has 1 aliphatic carbocycles. The van der Waals surface area contributed by atoms with E-state index in [1.165, 1.54) is 29.2 Å². The molecule has 43 heavy (non-hydrogen) atoms. The molecule has 0 saturated heterocycles. The molecule has 8 nitrogen and oxygen atoms in total. The lowest BCUT2D eigenvalue weighted by atomic mass is 10.1. The summed E-state index contributed by atoms with van der Waals surface area (Å²) in [5, 5.41) is 3.11. The molecule has 1 atom stereocenters. The molecule has 4 rings (SSSR count). The summed E-state index contributed by atoms with van der Waals surface area (Å²) in [7, 11) is -4.27. The number of anilines is 1. The van der Waals surface area contributed by atoms with Crippen LogP contribution in [0.2, 0.25) is 0 Å². The maximum atomic E-state index is 14.2. The molecule has 0 heterocycles. The highest BCUT2D eigenvalue weighted by atomic mass is 32.2. The number of ether oxygens (including phenoxy) is 1. The summed E-state index contributed by atoms with van der Waals surface area (Å²) in [6.07, 6.45) is 4.23. The van der Waals surface area contributed by atoms with Gasteiger partial charge < -0.3 is 15.0 Å². The van der Waals surface area contributed by atoms with Crippen LogP contribution < -0.4 is 14.4 Å². The van der Waals surface area contributed by atoms with E-state index in [9.17, 15) is 22.4 Å². The lowest BCUT2D eigenvalue weighted by molar-refractivity contribution is -0.140. The number of sulfonamides is 1. The number of halogens is 1. The first-order valence-electron chi connectivity index (χ1n) is 14.8. The van der Waals surface area contributed by atoms with E-state index in [1.54, 1.807) is 12.1 Å². The topological polar surface area (TPSA) is 96.0 Å². The van der Waals surface area contributed by atoms with Crippen LogP contribution in [0, 0.1) is 12.7 Å². The molecule has 3 aromatic carbocycles. The zero-order valence-electron chi connectivity index (χ0n) is 25.0. The van der Waals surface area contributed by atoms with Crippen LogP contribution in [-0.4, -0.2) is 50.4 Å². The first-order chi connectivity index (χ1) is 20.6. The van der Waals surface area contributed by atoms with Crippen molar-refractivity contribution >= 4 is 27.5 Å². The smallest absolute Gasteiger partial charge is 0.264 e. The van der Waals surface area contributed by atoms with Crippen molar-refractivity contribution in [1.29, 1.82) is 0 Å². The maximum Gasteiger partial charge on any atom is 0.264 e. The van der Waals surface area contributed by atoms with Crippen LogP contribution >= 0.6 is 0 Å². The predicted molar refractivity (Wildman–Crippen MR) is 165 cm³/mol. The van der Waals surface area contributed by atoms with Gasteiger partial charge in [-0.1, -0.05) is 44.0 Å². The van der Waals surface area contributed by atoms with Crippen LogP contribution in [0.25, 0.3) is 0 Å². The highest BCUT2D eigenvalue weighted by Gasteiger charge is 2.34. The average molecular weight is 610 g/mol. The number of hydrogen-bond acceptors (Lipinski definition) is 5. The van der Waals surface area contributed by atoms with Crippen molar-refractivity contribution in [2.24, 2.45) is 0 Å². The number of carbonyl (C=O) groups is 2. The van der Waals surface area contributed by atoms with Gasteiger partial charge in [0.05, 0.1) is 17.2 Å². The molecule has 10 heteroatoms. The van der Waals surface area contributed by atoms with Crippen LogP contribution in [0.15, 0.2) is 77.7 Å². The van der Waals surface area contributed by atoms with Gasteiger partial charge in [-0.3, -0.25) is 13.9 Å². The summed E-state index contributed by atoms with van der Waals surface area (Å²) in [4.78, 5) is 29.2. The van der Waals surface area contributed by atoms with Gasteiger partial charge in [0, 0.05) is 12.6 Å². The van der Waals surface area contributed by atoms with Gasteiger partial charge in [-0.05, 0) is 92.8 Å². The number of amides is 2. The fraction of sp³-hybridized carbons (Fsp3) is 0.394. The van der Waals surface area contributed by atoms with Gasteiger partial charge in [-0.2, -0.15) is 0 Å². The van der Waals surface area contributed by atoms with Crippen LogP contribution in [0.3, 0.4) is 0 Å². The van der Waals surface area contributed by atoms with Crippen molar-refractivity contribution in [2.45, 2.75) is 76.4 Å². The molecule has 0 aliphatic heterocycles. The van der Waals surface area contributed by atoms with Gasteiger partial charge in [-0.15, -0.1) is 0 Å². The Morgan fingerprint density at radius 1 is 0.977 bits per heavy atom. The van der Waals surface area contributed by atoms with E-state index in [4.69, 9.17) is 4.74 Å². The van der Waals surface area contributed by atoms with Crippen molar-refractivity contribution < 1.29 is 27.1 Å². The SMILES string of the molecule is CCOc1ccc(S(=O)(=O)N(CC(=O)N(Cc2ccccc2C)[C@H](CC)C(=O)NC2CCCC2)c2ccc(F)cc2)cc1. The summed E-state index contributed by atoms with van der Waals surface area (Å²) < 4.78 is 48.3. The molecule has 2 amide bonds. The van der Waals surface area contributed by atoms with Gasteiger partial charge in [0.25, 0.3) is 10.0 Å². The third kappa shape index (κ3) is 7.93. The third-order valence-electron chi connectivity index (χ3n) is 7.81. The molecule has 0 aromatic heterocycles. The van der Waals surface area contributed by atoms with Crippen LogP contribution in [0.5, 0.6) is 5.75 Å². The number of aryl methyl sites for hydroxylation is 1. The lowest BCUT2D eigenvalue weighted by Gasteiger charge is -2.34. The highest BCUT2D eigenvalue weighted by molar-refractivity contribution is 7.92. The average Bonchev–Trinajstić information content (AvgIpc) is 3.50. The molecular formula is C33H40FN3O5S. The van der Waals surface area contributed by atoms with E-state index in [-0.39, 0.29) is 29.1 Å². The fourth-order valence-corrected chi connectivity index (χ4v) is 6.81. The Hall–Kier alpha value is -3.92. The monoisotopic (exact) mass is 609 g/mol. The fourth-order valence-electron chi connectivity index (χ4n) is 5.40. The maximum absolute atomic E-state index is 14.2. The standard InChI is InChI=1S/C33H40FN3O5S/c1-4-31(33(39)35-27-12-8-9-13-27)36(22-25-11-7-6-10-24(25)3)32(38)23-37(28-16-14-26(34)15-17-28)43(40,41)30-20-18-29(19-21-30)42-5-2/h6-7,10-11,14-21,27,31H,4-5,8-9,12-13,22-23H2,1-3H3,(H,35,39)/t31-/m1/s1. The molecule has 1 aliphatic rings. The van der Waals surface area contributed by atoms with Crippen molar-refractivity contribution in [3.63, 3.8) is 0 Å².